The van der Waals surface area contributed by atoms with Gasteiger partial charge in [0.15, 0.2) is 0 Å². The maximum absolute atomic E-state index is 13.6. The molecule has 1 saturated carbocycles. The van der Waals surface area contributed by atoms with Gasteiger partial charge in [0.05, 0.1) is 12.2 Å². The summed E-state index contributed by atoms with van der Waals surface area (Å²) in [5.41, 5.74) is 3.77. The number of hydrogen-bond acceptors (Lipinski definition) is 3. The number of aliphatic hydroxyl groups is 1. The van der Waals surface area contributed by atoms with Crippen molar-refractivity contribution in [2.24, 2.45) is 11.3 Å². The number of carbonyl (C=O) groups excluding carboxylic acids is 1. The van der Waals surface area contributed by atoms with Crippen LogP contribution in [-0.2, 0) is 21.4 Å². The first-order valence-corrected chi connectivity index (χ1v) is 11.3. The van der Waals surface area contributed by atoms with Crippen molar-refractivity contribution in [1.29, 1.82) is 0 Å². The fraction of sp³-hybridized carbons (Fsp3) is 0.720. The molecule has 2 fully saturated rings. The maximum Gasteiger partial charge on any atom is 0.225 e. The lowest BCUT2D eigenvalue weighted by Gasteiger charge is -2.61. The van der Waals surface area contributed by atoms with Gasteiger partial charge in [0.2, 0.25) is 5.91 Å². The van der Waals surface area contributed by atoms with Crippen molar-refractivity contribution in [3.8, 4) is 0 Å². The molecule has 1 amide bonds. The SMILES string of the molecule is COC1CCC(C(=O)N2CC[C@]3(C)c4ccc(C(C)O)cc4C[C@H]2C3(C)C)CC1. The van der Waals surface area contributed by atoms with Gasteiger partial charge in [-0.3, -0.25) is 4.79 Å². The number of nitrogens with zero attached hydrogens (tertiary/aromatic N) is 1. The predicted octanol–water partition coefficient (Wildman–Crippen LogP) is 4.39. The van der Waals surface area contributed by atoms with Crippen LogP contribution < -0.4 is 0 Å². The standard InChI is InChI=1S/C25H37NO3/c1-16(27)18-8-11-21-19(14-18)15-22-24(2,3)25(21,4)12-13-26(22)23(28)17-6-9-20(29-5)10-7-17/h8,11,14,16-17,20,22,27H,6-7,9-10,12-13,15H2,1-5H3/t16?,17?,20?,22-,25+/m0/s1. The summed E-state index contributed by atoms with van der Waals surface area (Å²) in [6.45, 7) is 9.76. The minimum Gasteiger partial charge on any atom is -0.389 e. The van der Waals surface area contributed by atoms with E-state index >= 15 is 0 Å². The lowest BCUT2D eigenvalue weighted by molar-refractivity contribution is -0.150. The Morgan fingerprint density at radius 1 is 1.21 bits per heavy atom. The minimum atomic E-state index is -0.461. The first-order valence-electron chi connectivity index (χ1n) is 11.3. The second-order valence-corrected chi connectivity index (χ2v) is 10.4. The molecule has 160 valence electrons. The molecule has 3 aliphatic rings. The number of amides is 1. The van der Waals surface area contributed by atoms with E-state index in [1.165, 1.54) is 11.1 Å². The van der Waals surface area contributed by atoms with Crippen LogP contribution in [0.4, 0.5) is 0 Å². The Bertz CT molecular complexity index is 778. The Morgan fingerprint density at radius 3 is 2.52 bits per heavy atom. The van der Waals surface area contributed by atoms with Crippen LogP contribution >= 0.6 is 0 Å². The van der Waals surface area contributed by atoms with Gasteiger partial charge in [0.25, 0.3) is 0 Å². The molecule has 0 radical (unpaired) electrons. The third kappa shape index (κ3) is 3.23. The fourth-order valence-electron chi connectivity index (χ4n) is 6.26. The number of hydrogen-bond donors (Lipinski definition) is 1. The van der Waals surface area contributed by atoms with Gasteiger partial charge in [-0.05, 0) is 67.6 Å². The predicted molar refractivity (Wildman–Crippen MR) is 115 cm³/mol. The monoisotopic (exact) mass is 399 g/mol. The summed E-state index contributed by atoms with van der Waals surface area (Å²) < 4.78 is 5.50. The molecule has 0 spiro atoms. The van der Waals surface area contributed by atoms with E-state index in [1.807, 2.05) is 6.92 Å². The Hall–Kier alpha value is -1.39. The highest BCUT2D eigenvalue weighted by Gasteiger charge is 2.57. The lowest BCUT2D eigenvalue weighted by atomic mass is 9.51. The summed E-state index contributed by atoms with van der Waals surface area (Å²) in [6.07, 6.45) is 5.62. The topological polar surface area (TPSA) is 49.8 Å². The number of aliphatic hydroxyl groups excluding tert-OH is 1. The molecule has 4 heteroatoms. The van der Waals surface area contributed by atoms with Crippen LogP contribution in [0, 0.1) is 11.3 Å². The number of methoxy groups -OCH3 is 1. The average molecular weight is 400 g/mol. The molecule has 1 heterocycles. The summed E-state index contributed by atoms with van der Waals surface area (Å²) in [4.78, 5) is 15.8. The molecular formula is C25H37NO3. The molecule has 4 rings (SSSR count). The smallest absolute Gasteiger partial charge is 0.225 e. The molecule has 3 atom stereocenters. The average Bonchev–Trinajstić information content (AvgIpc) is 2.70. The van der Waals surface area contributed by atoms with Gasteiger partial charge in [-0.15, -0.1) is 0 Å². The fourth-order valence-corrected chi connectivity index (χ4v) is 6.26. The number of rotatable bonds is 3. The number of piperidine rings is 1. The van der Waals surface area contributed by atoms with Crippen LogP contribution in [0.1, 0.15) is 82.6 Å². The molecule has 1 aromatic rings. The Balaban J connectivity index is 1.64. The summed E-state index contributed by atoms with van der Waals surface area (Å²) in [5.74, 6) is 0.501. The zero-order valence-corrected chi connectivity index (χ0v) is 18.7. The Kier molecular flexibility index (Phi) is 5.31. The van der Waals surface area contributed by atoms with E-state index in [-0.39, 0.29) is 22.8 Å². The van der Waals surface area contributed by atoms with Crippen molar-refractivity contribution in [1.82, 2.24) is 4.90 Å². The van der Waals surface area contributed by atoms with Gasteiger partial charge in [0, 0.05) is 31.0 Å². The quantitative estimate of drug-likeness (QED) is 0.820. The molecular weight excluding hydrogens is 362 g/mol. The normalized spacial score (nSPS) is 34.4. The molecule has 1 aliphatic heterocycles. The number of benzene rings is 1. The van der Waals surface area contributed by atoms with Crippen LogP contribution in [0.2, 0.25) is 0 Å². The van der Waals surface area contributed by atoms with E-state index < -0.39 is 6.10 Å². The first-order chi connectivity index (χ1) is 13.7. The second-order valence-electron chi connectivity index (χ2n) is 10.4. The van der Waals surface area contributed by atoms with Gasteiger partial charge in [-0.1, -0.05) is 39.0 Å². The van der Waals surface area contributed by atoms with E-state index in [9.17, 15) is 9.90 Å². The van der Waals surface area contributed by atoms with Gasteiger partial charge in [-0.25, -0.2) is 0 Å². The van der Waals surface area contributed by atoms with E-state index in [2.05, 4.69) is 43.9 Å². The Morgan fingerprint density at radius 2 is 1.90 bits per heavy atom. The van der Waals surface area contributed by atoms with Crippen LogP contribution in [0.5, 0.6) is 0 Å². The first kappa shape index (κ1) is 20.9. The van der Waals surface area contributed by atoms with Crippen LogP contribution in [0.3, 0.4) is 0 Å². The number of fused-ring (bicyclic) bond motifs is 4. The van der Waals surface area contributed by atoms with Crippen molar-refractivity contribution in [2.75, 3.05) is 13.7 Å². The summed E-state index contributed by atoms with van der Waals surface area (Å²) >= 11 is 0. The van der Waals surface area contributed by atoms with Crippen molar-refractivity contribution in [3.63, 3.8) is 0 Å². The van der Waals surface area contributed by atoms with Crippen molar-refractivity contribution in [2.45, 2.75) is 89.9 Å². The summed E-state index contributed by atoms with van der Waals surface area (Å²) in [7, 11) is 1.78. The Labute approximate surface area is 175 Å². The van der Waals surface area contributed by atoms with E-state index in [0.717, 1.165) is 50.6 Å². The van der Waals surface area contributed by atoms with Crippen molar-refractivity contribution in [3.05, 3.63) is 34.9 Å². The van der Waals surface area contributed by atoms with Crippen molar-refractivity contribution < 1.29 is 14.6 Å². The summed E-state index contributed by atoms with van der Waals surface area (Å²) in [5, 5.41) is 10.1. The molecule has 29 heavy (non-hydrogen) atoms. The van der Waals surface area contributed by atoms with Gasteiger partial charge < -0.3 is 14.7 Å². The van der Waals surface area contributed by atoms with Gasteiger partial charge >= 0.3 is 0 Å². The maximum atomic E-state index is 13.6. The zero-order chi connectivity index (χ0) is 21.0. The van der Waals surface area contributed by atoms with Gasteiger partial charge in [0.1, 0.15) is 0 Å². The highest BCUT2D eigenvalue weighted by molar-refractivity contribution is 5.80. The van der Waals surface area contributed by atoms with E-state index in [1.54, 1.807) is 7.11 Å². The lowest BCUT2D eigenvalue weighted by Crippen LogP contribution is -2.65. The van der Waals surface area contributed by atoms with Crippen molar-refractivity contribution >= 4 is 5.91 Å². The van der Waals surface area contributed by atoms with Crippen LogP contribution in [0.25, 0.3) is 0 Å². The van der Waals surface area contributed by atoms with Gasteiger partial charge in [-0.2, -0.15) is 0 Å². The largest absolute Gasteiger partial charge is 0.389 e. The van der Waals surface area contributed by atoms with Crippen LogP contribution in [0.15, 0.2) is 18.2 Å². The number of carbonyl (C=O) groups is 1. The number of likely N-dealkylation sites (tertiary alicyclic amines) is 1. The zero-order valence-electron chi connectivity index (χ0n) is 18.7. The molecule has 4 nitrogen and oxygen atoms in total. The number of ether oxygens (including phenoxy) is 1. The molecule has 2 aliphatic carbocycles. The summed E-state index contributed by atoms with van der Waals surface area (Å²) in [6, 6.07) is 6.71. The third-order valence-corrected chi connectivity index (χ3v) is 8.74. The molecule has 2 bridgehead atoms. The van der Waals surface area contributed by atoms with Crippen LogP contribution in [-0.4, -0.2) is 41.7 Å². The second kappa shape index (κ2) is 7.39. The molecule has 1 aromatic carbocycles. The third-order valence-electron chi connectivity index (χ3n) is 8.74. The molecule has 0 aromatic heterocycles. The highest BCUT2D eigenvalue weighted by Crippen LogP contribution is 2.56. The minimum absolute atomic E-state index is 0.0178. The van der Waals surface area contributed by atoms with E-state index in [4.69, 9.17) is 4.74 Å². The molecule has 1 saturated heterocycles. The van der Waals surface area contributed by atoms with E-state index in [0.29, 0.717) is 12.0 Å². The highest BCUT2D eigenvalue weighted by atomic mass is 16.5. The molecule has 1 N–H and O–H groups in total. The molecule has 1 unspecified atom stereocenters.